The number of carboxylic acids is 1. The summed E-state index contributed by atoms with van der Waals surface area (Å²) in [5, 5.41) is 29.3. The SMILES string of the molecule is COc1cc(OC)c2c(O)c(C(=O)O)c(O)cc2c1. The predicted molar refractivity (Wildman–Crippen MR) is 67.3 cm³/mol. The molecule has 3 N–H and O–H groups in total. The molecule has 0 unspecified atom stereocenters. The van der Waals surface area contributed by atoms with Gasteiger partial charge in [-0.3, -0.25) is 0 Å². The van der Waals surface area contributed by atoms with Crippen LogP contribution in [0.3, 0.4) is 0 Å². The van der Waals surface area contributed by atoms with Gasteiger partial charge in [0, 0.05) is 6.07 Å². The van der Waals surface area contributed by atoms with Gasteiger partial charge >= 0.3 is 5.97 Å². The Morgan fingerprint density at radius 3 is 2.32 bits per heavy atom. The van der Waals surface area contributed by atoms with E-state index in [9.17, 15) is 15.0 Å². The summed E-state index contributed by atoms with van der Waals surface area (Å²) in [6.45, 7) is 0. The van der Waals surface area contributed by atoms with Crippen LogP contribution in [0.25, 0.3) is 10.8 Å². The van der Waals surface area contributed by atoms with Crippen LogP contribution in [0.4, 0.5) is 0 Å². The van der Waals surface area contributed by atoms with Crippen molar-refractivity contribution in [3.8, 4) is 23.0 Å². The van der Waals surface area contributed by atoms with Gasteiger partial charge in [0.05, 0.1) is 19.6 Å². The molecule has 0 atom stereocenters. The van der Waals surface area contributed by atoms with Crippen molar-refractivity contribution in [3.05, 3.63) is 23.8 Å². The molecule has 0 fully saturated rings. The summed E-state index contributed by atoms with van der Waals surface area (Å²) < 4.78 is 10.2. The molecule has 0 aliphatic rings. The lowest BCUT2D eigenvalue weighted by Crippen LogP contribution is -1.99. The van der Waals surface area contributed by atoms with E-state index in [0.717, 1.165) is 0 Å². The maximum atomic E-state index is 11.0. The van der Waals surface area contributed by atoms with Crippen molar-refractivity contribution in [1.29, 1.82) is 0 Å². The second kappa shape index (κ2) is 4.56. The Bertz CT molecular complexity index is 662. The summed E-state index contributed by atoms with van der Waals surface area (Å²) in [5.41, 5.74) is -0.559. The first kappa shape index (κ1) is 12.8. The third kappa shape index (κ3) is 1.97. The van der Waals surface area contributed by atoms with Crippen molar-refractivity contribution in [2.75, 3.05) is 14.2 Å². The highest BCUT2D eigenvalue weighted by atomic mass is 16.5. The summed E-state index contributed by atoms with van der Waals surface area (Å²) >= 11 is 0. The highest BCUT2D eigenvalue weighted by molar-refractivity contribution is 6.05. The van der Waals surface area contributed by atoms with Gasteiger partial charge in [-0.2, -0.15) is 0 Å². The quantitative estimate of drug-likeness (QED) is 0.784. The highest BCUT2D eigenvalue weighted by Gasteiger charge is 2.21. The lowest BCUT2D eigenvalue weighted by molar-refractivity contribution is 0.0691. The maximum absolute atomic E-state index is 11.0. The fourth-order valence-electron chi connectivity index (χ4n) is 1.93. The summed E-state index contributed by atoms with van der Waals surface area (Å²) in [5.74, 6) is -1.76. The van der Waals surface area contributed by atoms with E-state index in [1.165, 1.54) is 26.4 Å². The van der Waals surface area contributed by atoms with E-state index in [0.29, 0.717) is 11.1 Å². The van der Waals surface area contributed by atoms with Crippen LogP contribution in [-0.2, 0) is 0 Å². The molecule has 0 aromatic heterocycles. The van der Waals surface area contributed by atoms with Crippen molar-refractivity contribution in [3.63, 3.8) is 0 Å². The molecule has 0 aliphatic heterocycles. The molecule has 0 saturated heterocycles. The molecule has 100 valence electrons. The minimum Gasteiger partial charge on any atom is -0.507 e. The first-order valence-corrected chi connectivity index (χ1v) is 5.33. The summed E-state index contributed by atoms with van der Waals surface area (Å²) in [6, 6.07) is 4.32. The van der Waals surface area contributed by atoms with E-state index in [4.69, 9.17) is 14.6 Å². The van der Waals surface area contributed by atoms with Crippen LogP contribution in [0.15, 0.2) is 18.2 Å². The van der Waals surface area contributed by atoms with Gasteiger partial charge in [-0.25, -0.2) is 4.79 Å². The molecule has 0 radical (unpaired) electrons. The van der Waals surface area contributed by atoms with Crippen molar-refractivity contribution < 1.29 is 29.6 Å². The average Bonchev–Trinajstić information content (AvgIpc) is 2.36. The Labute approximate surface area is 108 Å². The van der Waals surface area contributed by atoms with Gasteiger partial charge in [0.1, 0.15) is 28.6 Å². The lowest BCUT2D eigenvalue weighted by Gasteiger charge is -2.12. The molecule has 0 spiro atoms. The first-order chi connectivity index (χ1) is 8.99. The molecule has 2 rings (SSSR count). The standard InChI is InChI=1S/C13H12O6/c1-18-7-3-6-4-8(14)11(13(16)17)12(15)10(6)9(5-7)19-2/h3-5,14-15H,1-2H3,(H,16,17). The lowest BCUT2D eigenvalue weighted by atomic mass is 10.0. The van der Waals surface area contributed by atoms with E-state index < -0.39 is 23.0 Å². The number of methoxy groups -OCH3 is 2. The minimum absolute atomic E-state index is 0.207. The summed E-state index contributed by atoms with van der Waals surface area (Å²) in [7, 11) is 2.85. The maximum Gasteiger partial charge on any atom is 0.343 e. The molecule has 19 heavy (non-hydrogen) atoms. The third-order valence-corrected chi connectivity index (χ3v) is 2.80. The van der Waals surface area contributed by atoms with Gasteiger partial charge in [0.25, 0.3) is 0 Å². The van der Waals surface area contributed by atoms with Gasteiger partial charge in [0.15, 0.2) is 0 Å². The molecule has 6 heteroatoms. The smallest absolute Gasteiger partial charge is 0.343 e. The zero-order chi connectivity index (χ0) is 14.2. The van der Waals surface area contributed by atoms with Crippen LogP contribution in [0, 0.1) is 0 Å². The number of aromatic hydroxyl groups is 2. The number of fused-ring (bicyclic) bond motifs is 1. The number of benzene rings is 2. The van der Waals surface area contributed by atoms with Gasteiger partial charge < -0.3 is 24.8 Å². The molecular formula is C13H12O6. The second-order valence-electron chi connectivity index (χ2n) is 3.85. The number of aromatic carboxylic acids is 1. The van der Waals surface area contributed by atoms with Crippen LogP contribution < -0.4 is 9.47 Å². The average molecular weight is 264 g/mol. The van der Waals surface area contributed by atoms with Crippen LogP contribution in [0.5, 0.6) is 23.0 Å². The Kier molecular flexibility index (Phi) is 3.08. The number of ether oxygens (including phenoxy) is 2. The van der Waals surface area contributed by atoms with E-state index in [-0.39, 0.29) is 11.1 Å². The number of hydrogen-bond donors (Lipinski definition) is 3. The van der Waals surface area contributed by atoms with Crippen molar-refractivity contribution in [2.24, 2.45) is 0 Å². The van der Waals surface area contributed by atoms with Crippen LogP contribution in [0.2, 0.25) is 0 Å². The Morgan fingerprint density at radius 2 is 1.79 bits per heavy atom. The van der Waals surface area contributed by atoms with E-state index >= 15 is 0 Å². The first-order valence-electron chi connectivity index (χ1n) is 5.33. The van der Waals surface area contributed by atoms with E-state index in [1.54, 1.807) is 6.07 Å². The minimum atomic E-state index is -1.42. The van der Waals surface area contributed by atoms with Gasteiger partial charge in [-0.05, 0) is 17.5 Å². The molecule has 0 bridgehead atoms. The predicted octanol–water partition coefficient (Wildman–Crippen LogP) is 1.97. The fourth-order valence-corrected chi connectivity index (χ4v) is 1.93. The van der Waals surface area contributed by atoms with E-state index in [1.807, 2.05) is 0 Å². The topological polar surface area (TPSA) is 96.2 Å². The number of rotatable bonds is 3. The molecule has 2 aromatic carbocycles. The number of phenols is 2. The highest BCUT2D eigenvalue weighted by Crippen LogP contribution is 2.42. The molecule has 0 aliphatic carbocycles. The third-order valence-electron chi connectivity index (χ3n) is 2.80. The summed E-state index contributed by atoms with van der Waals surface area (Å²) in [4.78, 5) is 11.0. The molecule has 2 aromatic rings. The van der Waals surface area contributed by atoms with Crippen molar-refractivity contribution in [2.45, 2.75) is 0 Å². The zero-order valence-electron chi connectivity index (χ0n) is 10.3. The Hall–Kier alpha value is -2.63. The normalized spacial score (nSPS) is 10.4. The zero-order valence-corrected chi connectivity index (χ0v) is 10.3. The molecule has 0 heterocycles. The Morgan fingerprint density at radius 1 is 1.11 bits per heavy atom. The van der Waals surface area contributed by atoms with E-state index in [2.05, 4.69) is 0 Å². The number of hydrogen-bond acceptors (Lipinski definition) is 5. The number of carboxylic acid groups (broad SMARTS) is 1. The fraction of sp³-hybridized carbons (Fsp3) is 0.154. The summed E-state index contributed by atoms with van der Waals surface area (Å²) in [6.07, 6.45) is 0. The van der Waals surface area contributed by atoms with Gasteiger partial charge in [-0.15, -0.1) is 0 Å². The Balaban J connectivity index is 2.92. The van der Waals surface area contributed by atoms with Crippen LogP contribution in [-0.4, -0.2) is 35.5 Å². The van der Waals surface area contributed by atoms with Gasteiger partial charge in [-0.1, -0.05) is 0 Å². The second-order valence-corrected chi connectivity index (χ2v) is 3.85. The van der Waals surface area contributed by atoms with Crippen molar-refractivity contribution in [1.82, 2.24) is 0 Å². The number of carbonyl (C=O) groups is 1. The largest absolute Gasteiger partial charge is 0.507 e. The molecule has 0 saturated carbocycles. The van der Waals surface area contributed by atoms with Crippen LogP contribution in [0.1, 0.15) is 10.4 Å². The van der Waals surface area contributed by atoms with Gasteiger partial charge in [0.2, 0.25) is 0 Å². The molecular weight excluding hydrogens is 252 g/mol. The van der Waals surface area contributed by atoms with Crippen LogP contribution >= 0.6 is 0 Å². The molecule has 6 nitrogen and oxygen atoms in total. The van der Waals surface area contributed by atoms with Crippen molar-refractivity contribution >= 4 is 16.7 Å². The molecule has 0 amide bonds. The monoisotopic (exact) mass is 264 g/mol.